The fraction of sp³-hybridized carbons (Fsp3) is 0.0833. The predicted octanol–water partition coefficient (Wildman–Crippen LogP) is 4.24. The maximum Gasteiger partial charge on any atom is 0.274 e. The van der Waals surface area contributed by atoms with Gasteiger partial charge in [0.1, 0.15) is 5.69 Å². The van der Waals surface area contributed by atoms with E-state index in [1.807, 2.05) is 48.5 Å². The van der Waals surface area contributed by atoms with Gasteiger partial charge >= 0.3 is 0 Å². The van der Waals surface area contributed by atoms with Crippen LogP contribution in [0.15, 0.2) is 97.5 Å². The molecule has 7 heteroatoms. The SMILES string of the molecule is O=C(Nc1cccc(CS(=O)(=O)Cc2ccccc2)c1)c1cncn1-c1ccccc1. The van der Waals surface area contributed by atoms with Crippen LogP contribution in [-0.4, -0.2) is 23.9 Å². The number of carbonyl (C=O) groups excluding carboxylic acids is 1. The van der Waals surface area contributed by atoms with Crippen molar-refractivity contribution in [3.05, 3.63) is 114 Å². The van der Waals surface area contributed by atoms with Crippen molar-refractivity contribution in [1.82, 2.24) is 9.55 Å². The number of rotatable bonds is 7. The van der Waals surface area contributed by atoms with Crippen LogP contribution < -0.4 is 5.32 Å². The molecule has 31 heavy (non-hydrogen) atoms. The van der Waals surface area contributed by atoms with Crippen molar-refractivity contribution in [2.75, 3.05) is 5.32 Å². The van der Waals surface area contributed by atoms with Crippen molar-refractivity contribution in [3.63, 3.8) is 0 Å². The highest BCUT2D eigenvalue weighted by molar-refractivity contribution is 7.89. The van der Waals surface area contributed by atoms with Gasteiger partial charge in [-0.25, -0.2) is 13.4 Å². The summed E-state index contributed by atoms with van der Waals surface area (Å²) in [5.41, 5.74) is 3.10. The number of imidazole rings is 1. The number of nitrogens with zero attached hydrogens (tertiary/aromatic N) is 2. The summed E-state index contributed by atoms with van der Waals surface area (Å²) in [5.74, 6) is -0.459. The summed E-state index contributed by atoms with van der Waals surface area (Å²) in [6.07, 6.45) is 3.08. The van der Waals surface area contributed by atoms with Gasteiger partial charge in [-0.2, -0.15) is 0 Å². The Morgan fingerprint density at radius 2 is 1.48 bits per heavy atom. The number of carbonyl (C=O) groups is 1. The Hall–Kier alpha value is -3.71. The second-order valence-corrected chi connectivity index (χ2v) is 9.22. The molecule has 4 aromatic rings. The summed E-state index contributed by atoms with van der Waals surface area (Å²) in [6, 6.07) is 25.4. The van der Waals surface area contributed by atoms with E-state index in [1.165, 1.54) is 6.20 Å². The zero-order valence-corrected chi connectivity index (χ0v) is 17.5. The van der Waals surface area contributed by atoms with Crippen LogP contribution in [0.5, 0.6) is 0 Å². The van der Waals surface area contributed by atoms with Crippen molar-refractivity contribution in [1.29, 1.82) is 0 Å². The van der Waals surface area contributed by atoms with Crippen LogP contribution in [0.25, 0.3) is 5.69 Å². The molecule has 0 fully saturated rings. The monoisotopic (exact) mass is 431 g/mol. The Kier molecular flexibility index (Phi) is 5.95. The van der Waals surface area contributed by atoms with Crippen molar-refractivity contribution >= 4 is 21.4 Å². The molecule has 0 atom stereocenters. The van der Waals surface area contributed by atoms with Crippen LogP contribution in [0.2, 0.25) is 0 Å². The fourth-order valence-corrected chi connectivity index (χ4v) is 4.81. The summed E-state index contributed by atoms with van der Waals surface area (Å²) in [5, 5.41) is 2.84. The number of para-hydroxylation sites is 1. The number of amides is 1. The van der Waals surface area contributed by atoms with Gasteiger partial charge in [-0.3, -0.25) is 9.36 Å². The van der Waals surface area contributed by atoms with E-state index in [2.05, 4.69) is 10.3 Å². The van der Waals surface area contributed by atoms with Crippen LogP contribution in [0.3, 0.4) is 0 Å². The minimum Gasteiger partial charge on any atom is -0.321 e. The first-order valence-corrected chi connectivity index (χ1v) is 11.5. The Morgan fingerprint density at radius 3 is 2.23 bits per heavy atom. The van der Waals surface area contributed by atoms with Crippen molar-refractivity contribution in [2.45, 2.75) is 11.5 Å². The summed E-state index contributed by atoms with van der Waals surface area (Å²) in [7, 11) is -3.35. The molecule has 1 aromatic heterocycles. The summed E-state index contributed by atoms with van der Waals surface area (Å²) >= 11 is 0. The van der Waals surface area contributed by atoms with Gasteiger partial charge in [0, 0.05) is 11.4 Å². The smallest absolute Gasteiger partial charge is 0.274 e. The highest BCUT2D eigenvalue weighted by Gasteiger charge is 2.16. The lowest BCUT2D eigenvalue weighted by Gasteiger charge is -2.10. The predicted molar refractivity (Wildman–Crippen MR) is 121 cm³/mol. The van der Waals surface area contributed by atoms with E-state index in [0.29, 0.717) is 16.9 Å². The van der Waals surface area contributed by atoms with Crippen LogP contribution in [0.1, 0.15) is 21.6 Å². The lowest BCUT2D eigenvalue weighted by Crippen LogP contribution is -2.16. The minimum atomic E-state index is -3.35. The normalized spacial score (nSPS) is 11.2. The zero-order chi connectivity index (χ0) is 21.7. The van der Waals surface area contributed by atoms with E-state index in [9.17, 15) is 13.2 Å². The fourth-order valence-electron chi connectivity index (χ4n) is 3.32. The number of benzene rings is 3. The number of hydrogen-bond acceptors (Lipinski definition) is 4. The second-order valence-electron chi connectivity index (χ2n) is 7.16. The third kappa shape index (κ3) is 5.26. The summed E-state index contributed by atoms with van der Waals surface area (Å²) in [6.45, 7) is 0. The van der Waals surface area contributed by atoms with E-state index < -0.39 is 9.84 Å². The molecule has 0 spiro atoms. The Balaban J connectivity index is 1.48. The molecule has 0 unspecified atom stereocenters. The first-order chi connectivity index (χ1) is 15.0. The maximum absolute atomic E-state index is 12.8. The lowest BCUT2D eigenvalue weighted by atomic mass is 10.2. The average Bonchev–Trinajstić information content (AvgIpc) is 3.25. The van der Waals surface area contributed by atoms with Crippen molar-refractivity contribution < 1.29 is 13.2 Å². The van der Waals surface area contributed by atoms with Gasteiger partial charge in [-0.15, -0.1) is 0 Å². The lowest BCUT2D eigenvalue weighted by molar-refractivity contribution is 0.102. The molecule has 1 N–H and O–H groups in total. The first kappa shape index (κ1) is 20.6. The van der Waals surface area contributed by atoms with Gasteiger partial charge in [0.05, 0.1) is 24.0 Å². The van der Waals surface area contributed by atoms with E-state index >= 15 is 0 Å². The molecular formula is C24H21N3O3S. The molecule has 0 aliphatic heterocycles. The third-order valence-corrected chi connectivity index (χ3v) is 6.25. The van der Waals surface area contributed by atoms with Gasteiger partial charge in [-0.1, -0.05) is 60.7 Å². The standard InChI is InChI=1S/C24H21N3O3S/c28-24(23-15-25-18-27(23)22-12-5-2-6-13-22)26-21-11-7-10-20(14-21)17-31(29,30)16-19-8-3-1-4-9-19/h1-15,18H,16-17H2,(H,26,28). The molecule has 0 radical (unpaired) electrons. The average molecular weight is 432 g/mol. The molecule has 0 saturated carbocycles. The number of hydrogen-bond donors (Lipinski definition) is 1. The van der Waals surface area contributed by atoms with E-state index in [1.54, 1.807) is 47.3 Å². The molecule has 1 heterocycles. The molecule has 0 aliphatic carbocycles. The number of aromatic nitrogens is 2. The molecule has 4 rings (SSSR count). The van der Waals surface area contributed by atoms with Crippen LogP contribution in [-0.2, 0) is 21.3 Å². The molecular weight excluding hydrogens is 410 g/mol. The second kappa shape index (κ2) is 8.97. The highest BCUT2D eigenvalue weighted by atomic mass is 32.2. The molecule has 0 bridgehead atoms. The number of sulfone groups is 1. The molecule has 3 aromatic carbocycles. The highest BCUT2D eigenvalue weighted by Crippen LogP contribution is 2.18. The van der Waals surface area contributed by atoms with Gasteiger partial charge < -0.3 is 5.32 Å². The Bertz CT molecular complexity index is 1280. The molecule has 156 valence electrons. The van der Waals surface area contributed by atoms with Gasteiger partial charge in [-0.05, 0) is 35.4 Å². The third-order valence-electron chi connectivity index (χ3n) is 4.71. The van der Waals surface area contributed by atoms with Gasteiger partial charge in [0.2, 0.25) is 0 Å². The van der Waals surface area contributed by atoms with Crippen LogP contribution in [0.4, 0.5) is 5.69 Å². The van der Waals surface area contributed by atoms with Crippen LogP contribution >= 0.6 is 0 Å². The number of anilines is 1. The quantitative estimate of drug-likeness (QED) is 0.475. The molecule has 0 saturated heterocycles. The first-order valence-electron chi connectivity index (χ1n) is 9.73. The van der Waals surface area contributed by atoms with E-state index in [4.69, 9.17) is 0 Å². The topological polar surface area (TPSA) is 81.1 Å². The minimum absolute atomic E-state index is 0.0271. The molecule has 1 amide bonds. The molecule has 6 nitrogen and oxygen atoms in total. The largest absolute Gasteiger partial charge is 0.321 e. The van der Waals surface area contributed by atoms with Crippen molar-refractivity contribution in [2.24, 2.45) is 0 Å². The van der Waals surface area contributed by atoms with Crippen LogP contribution in [0, 0.1) is 0 Å². The van der Waals surface area contributed by atoms with Gasteiger partial charge in [0.25, 0.3) is 5.91 Å². The Morgan fingerprint density at radius 1 is 0.839 bits per heavy atom. The maximum atomic E-state index is 12.8. The van der Waals surface area contributed by atoms with E-state index in [-0.39, 0.29) is 17.4 Å². The summed E-state index contributed by atoms with van der Waals surface area (Å²) < 4.78 is 26.9. The van der Waals surface area contributed by atoms with E-state index in [0.717, 1.165) is 11.3 Å². The van der Waals surface area contributed by atoms with Crippen molar-refractivity contribution in [3.8, 4) is 5.69 Å². The summed E-state index contributed by atoms with van der Waals surface area (Å²) in [4.78, 5) is 16.9. The molecule has 0 aliphatic rings. The zero-order valence-electron chi connectivity index (χ0n) is 16.7. The Labute approximate surface area is 181 Å². The number of nitrogens with one attached hydrogen (secondary N) is 1. The van der Waals surface area contributed by atoms with Gasteiger partial charge in [0.15, 0.2) is 9.84 Å².